The maximum atomic E-state index is 11.9. The Labute approximate surface area is 80.9 Å². The van der Waals surface area contributed by atoms with E-state index in [0.29, 0.717) is 13.1 Å². The zero-order chi connectivity index (χ0) is 10.2. The van der Waals surface area contributed by atoms with Crippen molar-refractivity contribution in [2.75, 3.05) is 19.6 Å². The van der Waals surface area contributed by atoms with Gasteiger partial charge in [0.15, 0.2) is 6.29 Å². The highest BCUT2D eigenvalue weighted by Gasteiger charge is 2.14. The Morgan fingerprint density at radius 2 is 1.62 bits per heavy atom. The van der Waals surface area contributed by atoms with Crippen LogP contribution < -0.4 is 0 Å². The van der Waals surface area contributed by atoms with Gasteiger partial charge < -0.3 is 9.85 Å². The molecule has 78 valence electrons. The topological polar surface area (TPSA) is 40.1 Å². The van der Waals surface area contributed by atoms with Crippen molar-refractivity contribution < 1.29 is 9.44 Å². The summed E-state index contributed by atoms with van der Waals surface area (Å²) in [5.41, 5.74) is 0. The van der Waals surface area contributed by atoms with E-state index in [1.165, 1.54) is 0 Å². The van der Waals surface area contributed by atoms with Gasteiger partial charge >= 0.3 is 0 Å². The number of hydrogen-bond acceptors (Lipinski definition) is 2. The average molecular weight is 187 g/mol. The van der Waals surface area contributed by atoms with Crippen molar-refractivity contribution >= 4 is 6.29 Å². The molecule has 3 nitrogen and oxygen atoms in total. The van der Waals surface area contributed by atoms with E-state index in [2.05, 4.69) is 13.8 Å². The summed E-state index contributed by atoms with van der Waals surface area (Å²) in [7, 11) is 0. The van der Waals surface area contributed by atoms with Crippen molar-refractivity contribution in [3.63, 3.8) is 0 Å². The predicted molar refractivity (Wildman–Crippen MR) is 54.1 cm³/mol. The molecular formula is C10H21NO2. The first kappa shape index (κ1) is 12.6. The SMILES string of the molecule is CCCC[N+]([O-])(CC=O)CCCC. The number of quaternary nitrogens is 1. The third-order valence-corrected chi connectivity index (χ3v) is 2.25. The summed E-state index contributed by atoms with van der Waals surface area (Å²) in [5, 5.41) is 11.9. The third kappa shape index (κ3) is 5.77. The number of unbranched alkanes of at least 4 members (excludes halogenated alkanes) is 2. The second-order valence-corrected chi connectivity index (χ2v) is 3.56. The predicted octanol–water partition coefficient (Wildman–Crippen LogP) is 2.10. The largest absolute Gasteiger partial charge is 0.632 e. The molecule has 0 atom stereocenters. The van der Waals surface area contributed by atoms with Gasteiger partial charge in [-0.3, -0.25) is 4.79 Å². The van der Waals surface area contributed by atoms with E-state index in [1.807, 2.05) is 0 Å². The van der Waals surface area contributed by atoms with Crippen molar-refractivity contribution in [1.29, 1.82) is 0 Å². The Balaban J connectivity index is 3.90. The molecule has 0 saturated carbocycles. The number of nitrogens with zero attached hydrogens (tertiary/aromatic N) is 1. The molecule has 0 rings (SSSR count). The normalized spacial score (nSPS) is 11.6. The Morgan fingerprint density at radius 3 is 1.92 bits per heavy atom. The molecule has 3 heteroatoms. The molecule has 0 unspecified atom stereocenters. The minimum absolute atomic E-state index is 0.125. The van der Waals surface area contributed by atoms with Gasteiger partial charge in [0.1, 0.15) is 6.54 Å². The summed E-state index contributed by atoms with van der Waals surface area (Å²) >= 11 is 0. The zero-order valence-corrected chi connectivity index (χ0v) is 8.79. The molecule has 0 radical (unpaired) electrons. The average Bonchev–Trinajstić information content (AvgIpc) is 2.12. The van der Waals surface area contributed by atoms with Crippen LogP contribution in [-0.2, 0) is 4.79 Å². The molecule has 0 saturated heterocycles. The lowest BCUT2D eigenvalue weighted by Gasteiger charge is -2.41. The summed E-state index contributed by atoms with van der Waals surface area (Å²) in [6.45, 7) is 5.43. The van der Waals surface area contributed by atoms with Crippen molar-refractivity contribution in [3.05, 3.63) is 5.21 Å². The number of hydroxylamine groups is 3. The van der Waals surface area contributed by atoms with E-state index in [-0.39, 0.29) is 11.2 Å². The van der Waals surface area contributed by atoms with Gasteiger partial charge in [-0.2, -0.15) is 0 Å². The van der Waals surface area contributed by atoms with Crippen molar-refractivity contribution in [2.24, 2.45) is 0 Å². The Morgan fingerprint density at radius 1 is 1.15 bits per heavy atom. The lowest BCUT2D eigenvalue weighted by atomic mass is 10.2. The minimum atomic E-state index is -0.314. The number of carbonyl (C=O) groups excluding carboxylic acids is 1. The number of hydrogen-bond donors (Lipinski definition) is 0. The van der Waals surface area contributed by atoms with Crippen LogP contribution in [-0.4, -0.2) is 30.6 Å². The molecular weight excluding hydrogens is 166 g/mol. The van der Waals surface area contributed by atoms with Gasteiger partial charge in [0.05, 0.1) is 13.1 Å². The molecule has 0 aliphatic rings. The lowest BCUT2D eigenvalue weighted by molar-refractivity contribution is -0.872. The Hall–Kier alpha value is -0.410. The van der Waals surface area contributed by atoms with Gasteiger partial charge in [-0.25, -0.2) is 0 Å². The Kier molecular flexibility index (Phi) is 6.82. The van der Waals surface area contributed by atoms with E-state index < -0.39 is 0 Å². The number of carbonyl (C=O) groups is 1. The first-order chi connectivity index (χ1) is 6.18. The first-order valence-electron chi connectivity index (χ1n) is 5.19. The maximum Gasteiger partial charge on any atom is 0.174 e. The van der Waals surface area contributed by atoms with Crippen LogP contribution in [0.2, 0.25) is 0 Å². The molecule has 0 aromatic carbocycles. The van der Waals surface area contributed by atoms with E-state index in [4.69, 9.17) is 0 Å². The quantitative estimate of drug-likeness (QED) is 0.331. The second-order valence-electron chi connectivity index (χ2n) is 3.56. The standard InChI is InChI=1S/C10H21NO2/c1-3-5-7-11(13,9-10-12)8-6-4-2/h10H,3-9H2,1-2H3. The fourth-order valence-corrected chi connectivity index (χ4v) is 1.32. The molecule has 0 aliphatic carbocycles. The van der Waals surface area contributed by atoms with E-state index in [1.54, 1.807) is 0 Å². The van der Waals surface area contributed by atoms with E-state index in [0.717, 1.165) is 32.0 Å². The smallest absolute Gasteiger partial charge is 0.174 e. The van der Waals surface area contributed by atoms with E-state index in [9.17, 15) is 10.0 Å². The van der Waals surface area contributed by atoms with Crippen LogP contribution >= 0.6 is 0 Å². The van der Waals surface area contributed by atoms with Crippen LogP contribution in [0.1, 0.15) is 39.5 Å². The molecule has 13 heavy (non-hydrogen) atoms. The van der Waals surface area contributed by atoms with Crippen molar-refractivity contribution in [2.45, 2.75) is 39.5 Å². The molecule has 0 N–H and O–H groups in total. The van der Waals surface area contributed by atoms with Gasteiger partial charge in [-0.05, 0) is 12.8 Å². The van der Waals surface area contributed by atoms with Crippen LogP contribution in [0.5, 0.6) is 0 Å². The highest BCUT2D eigenvalue weighted by molar-refractivity contribution is 5.50. The summed E-state index contributed by atoms with van der Waals surface area (Å²) in [5.74, 6) is 0. The molecule has 0 spiro atoms. The fraction of sp³-hybridized carbons (Fsp3) is 0.900. The molecule has 0 heterocycles. The summed E-state index contributed by atoms with van der Waals surface area (Å²) < 4.78 is -0.314. The highest BCUT2D eigenvalue weighted by atomic mass is 16.5. The molecule has 0 aliphatic heterocycles. The van der Waals surface area contributed by atoms with Crippen molar-refractivity contribution in [1.82, 2.24) is 0 Å². The van der Waals surface area contributed by atoms with Crippen LogP contribution in [0.15, 0.2) is 0 Å². The molecule has 0 aromatic heterocycles. The van der Waals surface area contributed by atoms with Gasteiger partial charge in [0.2, 0.25) is 0 Å². The monoisotopic (exact) mass is 187 g/mol. The maximum absolute atomic E-state index is 11.9. The van der Waals surface area contributed by atoms with Crippen LogP contribution in [0.4, 0.5) is 0 Å². The molecule has 0 fully saturated rings. The first-order valence-corrected chi connectivity index (χ1v) is 5.19. The summed E-state index contributed by atoms with van der Waals surface area (Å²) in [6.07, 6.45) is 4.63. The van der Waals surface area contributed by atoms with Crippen LogP contribution in [0.25, 0.3) is 0 Å². The lowest BCUT2D eigenvalue weighted by Crippen LogP contribution is -2.45. The van der Waals surface area contributed by atoms with Crippen LogP contribution in [0.3, 0.4) is 0 Å². The summed E-state index contributed by atoms with van der Waals surface area (Å²) in [6, 6.07) is 0. The minimum Gasteiger partial charge on any atom is -0.632 e. The van der Waals surface area contributed by atoms with Crippen LogP contribution in [0, 0.1) is 5.21 Å². The van der Waals surface area contributed by atoms with Gasteiger partial charge in [0, 0.05) is 0 Å². The fourth-order valence-electron chi connectivity index (χ4n) is 1.32. The number of aldehydes is 1. The number of rotatable bonds is 8. The Bertz CT molecular complexity index is 129. The van der Waals surface area contributed by atoms with Gasteiger partial charge in [0.25, 0.3) is 0 Å². The van der Waals surface area contributed by atoms with Crippen molar-refractivity contribution in [3.8, 4) is 0 Å². The van der Waals surface area contributed by atoms with E-state index >= 15 is 0 Å². The second kappa shape index (κ2) is 7.04. The van der Waals surface area contributed by atoms with Gasteiger partial charge in [-0.1, -0.05) is 26.7 Å². The third-order valence-electron chi connectivity index (χ3n) is 2.25. The highest BCUT2D eigenvalue weighted by Crippen LogP contribution is 2.08. The molecule has 0 amide bonds. The molecule has 0 aromatic rings. The zero-order valence-electron chi connectivity index (χ0n) is 8.79. The molecule has 0 bridgehead atoms. The van der Waals surface area contributed by atoms with Gasteiger partial charge in [-0.15, -0.1) is 0 Å². The summed E-state index contributed by atoms with van der Waals surface area (Å²) in [4.78, 5) is 10.3.